The van der Waals surface area contributed by atoms with E-state index in [1.807, 2.05) is 55.5 Å². The minimum atomic E-state index is 1.00. The van der Waals surface area contributed by atoms with Crippen molar-refractivity contribution in [2.24, 2.45) is 0 Å². The van der Waals surface area contributed by atoms with Gasteiger partial charge in [-0.2, -0.15) is 0 Å². The Labute approximate surface area is 87.3 Å². The molecule has 0 atom stereocenters. The molecule has 0 rings (SSSR count). The molecule has 0 unspecified atom stereocenters. The molecule has 74 valence electrons. The smallest absolute Gasteiger partial charge is 0.0166 e. The van der Waals surface area contributed by atoms with Crippen LogP contribution < -0.4 is 0 Å². The molecule has 0 aliphatic rings. The highest BCUT2D eigenvalue weighted by Gasteiger charge is 1.66. The summed E-state index contributed by atoms with van der Waals surface area (Å²) in [5.41, 5.74) is 0. The molecule has 0 aromatic rings. The molecule has 0 aliphatic carbocycles. The molecule has 14 heavy (non-hydrogen) atoms. The lowest BCUT2D eigenvalue weighted by Gasteiger charge is -1.77. The van der Waals surface area contributed by atoms with Crippen LogP contribution in [-0.2, 0) is 0 Å². The van der Waals surface area contributed by atoms with Crippen molar-refractivity contribution >= 4 is 0 Å². The van der Waals surface area contributed by atoms with Gasteiger partial charge in [0.1, 0.15) is 0 Å². The van der Waals surface area contributed by atoms with Crippen LogP contribution in [0.25, 0.3) is 0 Å². The normalized spacial score (nSPS) is 13.2. The van der Waals surface area contributed by atoms with Gasteiger partial charge in [-0.05, 0) is 13.3 Å². The van der Waals surface area contributed by atoms with Gasteiger partial charge in [0.25, 0.3) is 0 Å². The first-order valence-corrected chi connectivity index (χ1v) is 4.80. The Hall–Kier alpha value is -1.56. The Balaban J connectivity index is 3.62. The SMILES string of the molecule is C=CC=CC=CC=CC=CCC=CC. The van der Waals surface area contributed by atoms with Crippen LogP contribution in [0.1, 0.15) is 13.3 Å². The second kappa shape index (κ2) is 11.4. The van der Waals surface area contributed by atoms with Crippen molar-refractivity contribution in [3.8, 4) is 0 Å². The van der Waals surface area contributed by atoms with E-state index in [0.717, 1.165) is 6.42 Å². The summed E-state index contributed by atoms with van der Waals surface area (Å²) in [5.74, 6) is 0. The second-order valence-electron chi connectivity index (χ2n) is 2.62. The standard InChI is InChI=1S/C14H18/c1-3-5-7-9-11-13-14-12-10-8-6-4-2/h3-7,9-14H,1,8H2,2H3. The van der Waals surface area contributed by atoms with E-state index in [-0.39, 0.29) is 0 Å². The van der Waals surface area contributed by atoms with Crippen molar-refractivity contribution in [3.05, 3.63) is 73.4 Å². The lowest BCUT2D eigenvalue weighted by Crippen LogP contribution is -1.56. The van der Waals surface area contributed by atoms with Gasteiger partial charge < -0.3 is 0 Å². The van der Waals surface area contributed by atoms with Gasteiger partial charge in [0, 0.05) is 0 Å². The summed E-state index contributed by atoms with van der Waals surface area (Å²) >= 11 is 0. The third-order valence-corrected chi connectivity index (χ3v) is 1.45. The Bertz CT molecular complexity index is 260. The summed E-state index contributed by atoms with van der Waals surface area (Å²) in [5, 5.41) is 0. The molecule has 0 nitrogen and oxygen atoms in total. The Morgan fingerprint density at radius 2 is 1.36 bits per heavy atom. The molecule has 0 amide bonds. The van der Waals surface area contributed by atoms with Crippen molar-refractivity contribution in [1.82, 2.24) is 0 Å². The van der Waals surface area contributed by atoms with Crippen molar-refractivity contribution in [3.63, 3.8) is 0 Å². The van der Waals surface area contributed by atoms with Crippen LogP contribution in [-0.4, -0.2) is 0 Å². The maximum Gasteiger partial charge on any atom is -0.0166 e. The number of hydrogen-bond acceptors (Lipinski definition) is 0. The number of allylic oxidation sites excluding steroid dienone is 11. The van der Waals surface area contributed by atoms with E-state index in [0.29, 0.717) is 0 Å². The van der Waals surface area contributed by atoms with E-state index in [4.69, 9.17) is 0 Å². The summed E-state index contributed by atoms with van der Waals surface area (Å²) in [6.07, 6.45) is 22.9. The fourth-order valence-electron chi connectivity index (χ4n) is 0.771. The van der Waals surface area contributed by atoms with Crippen LogP contribution >= 0.6 is 0 Å². The minimum absolute atomic E-state index is 1.00. The molecular formula is C14H18. The lowest BCUT2D eigenvalue weighted by atomic mass is 10.3. The Kier molecular flexibility index (Phi) is 10.2. The summed E-state index contributed by atoms with van der Waals surface area (Å²) in [6.45, 7) is 5.61. The highest BCUT2D eigenvalue weighted by Crippen LogP contribution is 1.87. The van der Waals surface area contributed by atoms with E-state index in [9.17, 15) is 0 Å². The maximum atomic E-state index is 3.58. The number of hydrogen-bond donors (Lipinski definition) is 0. The van der Waals surface area contributed by atoms with Crippen molar-refractivity contribution in [2.45, 2.75) is 13.3 Å². The van der Waals surface area contributed by atoms with E-state index in [2.05, 4.69) is 18.7 Å². The third-order valence-electron chi connectivity index (χ3n) is 1.45. The zero-order valence-electron chi connectivity index (χ0n) is 8.77. The lowest BCUT2D eigenvalue weighted by molar-refractivity contribution is 1.38. The van der Waals surface area contributed by atoms with Crippen LogP contribution in [0, 0.1) is 0 Å². The first kappa shape index (κ1) is 12.4. The van der Waals surface area contributed by atoms with Crippen LogP contribution in [0.5, 0.6) is 0 Å². The first-order chi connectivity index (χ1) is 6.91. The zero-order chi connectivity index (χ0) is 10.5. The molecule has 0 fully saturated rings. The maximum absolute atomic E-state index is 3.58. The largest absolute Gasteiger partial charge is 0.0991 e. The Morgan fingerprint density at radius 3 is 1.93 bits per heavy atom. The molecular weight excluding hydrogens is 168 g/mol. The fourth-order valence-corrected chi connectivity index (χ4v) is 0.771. The van der Waals surface area contributed by atoms with Gasteiger partial charge in [-0.3, -0.25) is 0 Å². The van der Waals surface area contributed by atoms with E-state index < -0.39 is 0 Å². The second-order valence-corrected chi connectivity index (χ2v) is 2.62. The van der Waals surface area contributed by atoms with Gasteiger partial charge in [0.2, 0.25) is 0 Å². The molecule has 0 aliphatic heterocycles. The molecule has 0 aromatic heterocycles. The predicted octanol–water partition coefficient (Wildman–Crippen LogP) is 4.36. The third kappa shape index (κ3) is 10.4. The first-order valence-electron chi connectivity index (χ1n) is 4.80. The van der Waals surface area contributed by atoms with Crippen LogP contribution in [0.4, 0.5) is 0 Å². The summed E-state index contributed by atoms with van der Waals surface area (Å²) in [4.78, 5) is 0. The quantitative estimate of drug-likeness (QED) is 0.427. The fraction of sp³-hybridized carbons (Fsp3) is 0.143. The van der Waals surface area contributed by atoms with Crippen LogP contribution in [0.2, 0.25) is 0 Å². The van der Waals surface area contributed by atoms with Gasteiger partial charge >= 0.3 is 0 Å². The molecule has 0 radical (unpaired) electrons. The van der Waals surface area contributed by atoms with Crippen molar-refractivity contribution < 1.29 is 0 Å². The average molecular weight is 186 g/mol. The van der Waals surface area contributed by atoms with Gasteiger partial charge in [-0.25, -0.2) is 0 Å². The topological polar surface area (TPSA) is 0 Å². The van der Waals surface area contributed by atoms with Crippen molar-refractivity contribution in [2.75, 3.05) is 0 Å². The van der Waals surface area contributed by atoms with Crippen LogP contribution in [0.15, 0.2) is 73.4 Å². The molecule has 0 heterocycles. The average Bonchev–Trinajstić information content (AvgIpc) is 2.21. The monoisotopic (exact) mass is 186 g/mol. The zero-order valence-corrected chi connectivity index (χ0v) is 8.77. The van der Waals surface area contributed by atoms with E-state index in [1.165, 1.54) is 0 Å². The summed E-state index contributed by atoms with van der Waals surface area (Å²) in [6, 6.07) is 0. The predicted molar refractivity (Wildman–Crippen MR) is 66.2 cm³/mol. The number of rotatable bonds is 6. The highest BCUT2D eigenvalue weighted by molar-refractivity contribution is 5.17. The molecule has 0 N–H and O–H groups in total. The molecule has 0 heteroatoms. The molecule has 0 saturated carbocycles. The van der Waals surface area contributed by atoms with Gasteiger partial charge in [-0.15, -0.1) is 0 Å². The highest BCUT2D eigenvalue weighted by atomic mass is 13.7. The summed E-state index contributed by atoms with van der Waals surface area (Å²) < 4.78 is 0. The van der Waals surface area contributed by atoms with E-state index >= 15 is 0 Å². The van der Waals surface area contributed by atoms with Gasteiger partial charge in [0.15, 0.2) is 0 Å². The minimum Gasteiger partial charge on any atom is -0.0991 e. The van der Waals surface area contributed by atoms with Gasteiger partial charge in [0.05, 0.1) is 0 Å². The molecule has 0 spiro atoms. The Morgan fingerprint density at radius 1 is 0.786 bits per heavy atom. The molecule has 0 saturated heterocycles. The summed E-state index contributed by atoms with van der Waals surface area (Å²) in [7, 11) is 0. The van der Waals surface area contributed by atoms with Gasteiger partial charge in [-0.1, -0.05) is 73.4 Å². The van der Waals surface area contributed by atoms with Crippen molar-refractivity contribution in [1.29, 1.82) is 0 Å². The van der Waals surface area contributed by atoms with Crippen LogP contribution in [0.3, 0.4) is 0 Å². The molecule has 0 aromatic carbocycles. The molecule has 0 bridgehead atoms. The van der Waals surface area contributed by atoms with E-state index in [1.54, 1.807) is 6.08 Å².